The zero-order chi connectivity index (χ0) is 16.1. The molecule has 2 unspecified atom stereocenters. The van der Waals surface area contributed by atoms with E-state index in [4.69, 9.17) is 11.6 Å². The van der Waals surface area contributed by atoms with Gasteiger partial charge in [0.2, 0.25) is 5.91 Å². The molecule has 0 aliphatic rings. The molecule has 2 atom stereocenters. The molecule has 3 nitrogen and oxygen atoms in total. The van der Waals surface area contributed by atoms with E-state index in [1.54, 1.807) is 31.2 Å². The van der Waals surface area contributed by atoms with Gasteiger partial charge >= 0.3 is 0 Å². The average Bonchev–Trinajstić information content (AvgIpc) is 2.49. The summed E-state index contributed by atoms with van der Waals surface area (Å²) < 4.78 is 0. The Balaban J connectivity index is 1.92. The average molecular weight is 318 g/mol. The minimum absolute atomic E-state index is 0.107. The van der Waals surface area contributed by atoms with Gasteiger partial charge in [-0.05, 0) is 37.1 Å². The number of hydrogen-bond acceptors (Lipinski definition) is 2. The first-order valence-electron chi connectivity index (χ1n) is 7.24. The van der Waals surface area contributed by atoms with E-state index in [0.717, 1.165) is 16.7 Å². The first-order valence-corrected chi connectivity index (χ1v) is 7.62. The molecule has 0 aromatic heterocycles. The molecule has 0 aliphatic carbocycles. The minimum Gasteiger partial charge on any atom is -0.386 e. The van der Waals surface area contributed by atoms with Crippen LogP contribution in [0.5, 0.6) is 0 Å². The molecule has 0 radical (unpaired) electrons. The Bertz CT molecular complexity index is 623. The Labute approximate surface area is 135 Å². The first-order chi connectivity index (χ1) is 10.5. The highest BCUT2D eigenvalue weighted by atomic mass is 35.5. The lowest BCUT2D eigenvalue weighted by Gasteiger charge is -2.20. The van der Waals surface area contributed by atoms with Crippen molar-refractivity contribution in [2.24, 2.45) is 0 Å². The summed E-state index contributed by atoms with van der Waals surface area (Å²) in [6.45, 7) is 3.79. The molecular formula is C18H20ClNO2. The number of rotatable bonds is 5. The quantitative estimate of drug-likeness (QED) is 0.887. The number of aliphatic hydroxyl groups is 1. The summed E-state index contributed by atoms with van der Waals surface area (Å²) in [6.07, 6.45) is -0.461. The largest absolute Gasteiger partial charge is 0.386 e. The van der Waals surface area contributed by atoms with Gasteiger partial charge in [-0.3, -0.25) is 4.79 Å². The zero-order valence-corrected chi connectivity index (χ0v) is 13.5. The number of aliphatic hydroxyl groups excluding tert-OH is 1. The van der Waals surface area contributed by atoms with Crippen LogP contribution < -0.4 is 5.32 Å². The third-order valence-electron chi connectivity index (χ3n) is 3.56. The Morgan fingerprint density at radius 3 is 2.32 bits per heavy atom. The molecule has 0 fully saturated rings. The second-order valence-electron chi connectivity index (χ2n) is 5.51. The van der Waals surface area contributed by atoms with Crippen LogP contribution in [-0.4, -0.2) is 17.1 Å². The molecule has 22 heavy (non-hydrogen) atoms. The molecule has 4 heteroatoms. The second-order valence-corrected chi connectivity index (χ2v) is 5.95. The van der Waals surface area contributed by atoms with Crippen molar-refractivity contribution >= 4 is 17.5 Å². The summed E-state index contributed by atoms with van der Waals surface area (Å²) in [6, 6.07) is 14.4. The predicted octanol–water partition coefficient (Wildman–Crippen LogP) is 3.43. The van der Waals surface area contributed by atoms with Crippen molar-refractivity contribution in [1.82, 2.24) is 5.32 Å². The SMILES string of the molecule is Cc1ccc(CC(=O)NC(C)C(O)c2ccc(Cl)cc2)cc1. The van der Waals surface area contributed by atoms with Crippen LogP contribution >= 0.6 is 11.6 Å². The maximum atomic E-state index is 12.1. The Morgan fingerprint density at radius 1 is 1.14 bits per heavy atom. The fraction of sp³-hybridized carbons (Fsp3) is 0.278. The highest BCUT2D eigenvalue weighted by Gasteiger charge is 2.18. The van der Waals surface area contributed by atoms with Gasteiger partial charge in [0.25, 0.3) is 0 Å². The van der Waals surface area contributed by atoms with Gasteiger partial charge in [-0.15, -0.1) is 0 Å². The van der Waals surface area contributed by atoms with E-state index in [1.165, 1.54) is 0 Å². The number of benzene rings is 2. The normalized spacial score (nSPS) is 13.5. The van der Waals surface area contributed by atoms with Crippen molar-refractivity contribution in [1.29, 1.82) is 0 Å². The molecule has 2 aromatic carbocycles. The number of aryl methyl sites for hydroxylation is 1. The molecular weight excluding hydrogens is 298 g/mol. The van der Waals surface area contributed by atoms with Crippen LogP contribution in [0.25, 0.3) is 0 Å². The lowest BCUT2D eigenvalue weighted by molar-refractivity contribution is -0.121. The number of nitrogens with one attached hydrogen (secondary N) is 1. The minimum atomic E-state index is -0.765. The molecule has 2 aromatic rings. The highest BCUT2D eigenvalue weighted by molar-refractivity contribution is 6.30. The van der Waals surface area contributed by atoms with Crippen molar-refractivity contribution < 1.29 is 9.90 Å². The number of carbonyl (C=O) groups excluding carboxylic acids is 1. The standard InChI is InChI=1S/C18H20ClNO2/c1-12-3-5-14(6-4-12)11-17(21)20-13(2)18(22)15-7-9-16(19)10-8-15/h3-10,13,18,22H,11H2,1-2H3,(H,20,21). The van der Waals surface area contributed by atoms with Crippen LogP contribution in [0.15, 0.2) is 48.5 Å². The van der Waals surface area contributed by atoms with E-state index < -0.39 is 6.10 Å². The molecule has 116 valence electrons. The zero-order valence-electron chi connectivity index (χ0n) is 12.7. The molecule has 0 saturated heterocycles. The summed E-state index contributed by atoms with van der Waals surface area (Å²) in [5.41, 5.74) is 2.85. The van der Waals surface area contributed by atoms with Gasteiger partial charge < -0.3 is 10.4 Å². The van der Waals surface area contributed by atoms with Crippen molar-refractivity contribution in [3.63, 3.8) is 0 Å². The summed E-state index contributed by atoms with van der Waals surface area (Å²) in [4.78, 5) is 12.1. The monoisotopic (exact) mass is 317 g/mol. The van der Waals surface area contributed by atoms with E-state index in [1.807, 2.05) is 31.2 Å². The van der Waals surface area contributed by atoms with Crippen molar-refractivity contribution in [2.45, 2.75) is 32.4 Å². The van der Waals surface area contributed by atoms with Crippen LogP contribution in [0.4, 0.5) is 0 Å². The smallest absolute Gasteiger partial charge is 0.224 e. The number of carbonyl (C=O) groups is 1. The third-order valence-corrected chi connectivity index (χ3v) is 3.81. The molecule has 0 saturated carbocycles. The molecule has 0 aliphatic heterocycles. The van der Waals surface area contributed by atoms with E-state index in [9.17, 15) is 9.90 Å². The highest BCUT2D eigenvalue weighted by Crippen LogP contribution is 2.19. The number of halogens is 1. The van der Waals surface area contributed by atoms with E-state index in [2.05, 4.69) is 5.32 Å². The summed E-state index contributed by atoms with van der Waals surface area (Å²) in [7, 11) is 0. The van der Waals surface area contributed by atoms with Crippen LogP contribution in [0, 0.1) is 6.92 Å². The Kier molecular flexibility index (Phi) is 5.58. The maximum Gasteiger partial charge on any atom is 0.224 e. The van der Waals surface area contributed by atoms with Crippen LogP contribution in [0.3, 0.4) is 0 Å². The van der Waals surface area contributed by atoms with Gasteiger partial charge in [-0.25, -0.2) is 0 Å². The van der Waals surface area contributed by atoms with Gasteiger partial charge in [0.15, 0.2) is 0 Å². The van der Waals surface area contributed by atoms with Crippen LogP contribution in [-0.2, 0) is 11.2 Å². The van der Waals surface area contributed by atoms with Gasteiger partial charge in [0, 0.05) is 5.02 Å². The van der Waals surface area contributed by atoms with Gasteiger partial charge in [-0.2, -0.15) is 0 Å². The van der Waals surface area contributed by atoms with Crippen molar-refractivity contribution in [3.05, 3.63) is 70.2 Å². The second kappa shape index (κ2) is 7.43. The number of amides is 1. The fourth-order valence-electron chi connectivity index (χ4n) is 2.22. The summed E-state index contributed by atoms with van der Waals surface area (Å²) in [5.74, 6) is -0.107. The Morgan fingerprint density at radius 2 is 1.73 bits per heavy atom. The van der Waals surface area contributed by atoms with Gasteiger partial charge in [-0.1, -0.05) is 53.6 Å². The molecule has 0 bridgehead atoms. The maximum absolute atomic E-state index is 12.1. The molecule has 2 N–H and O–H groups in total. The van der Waals surface area contributed by atoms with Gasteiger partial charge in [0.05, 0.1) is 18.6 Å². The molecule has 0 heterocycles. The van der Waals surface area contributed by atoms with E-state index in [-0.39, 0.29) is 11.9 Å². The third kappa shape index (κ3) is 4.58. The predicted molar refractivity (Wildman–Crippen MR) is 88.9 cm³/mol. The summed E-state index contributed by atoms with van der Waals surface area (Å²) >= 11 is 5.83. The molecule has 2 rings (SSSR count). The lowest BCUT2D eigenvalue weighted by atomic mass is 10.0. The lowest BCUT2D eigenvalue weighted by Crippen LogP contribution is -2.37. The van der Waals surface area contributed by atoms with Crippen molar-refractivity contribution in [2.75, 3.05) is 0 Å². The van der Waals surface area contributed by atoms with E-state index in [0.29, 0.717) is 11.4 Å². The molecule has 0 spiro atoms. The van der Waals surface area contributed by atoms with Crippen LogP contribution in [0.2, 0.25) is 5.02 Å². The molecule has 1 amide bonds. The fourth-order valence-corrected chi connectivity index (χ4v) is 2.35. The van der Waals surface area contributed by atoms with Crippen LogP contribution in [0.1, 0.15) is 29.7 Å². The first kappa shape index (κ1) is 16.5. The van der Waals surface area contributed by atoms with Gasteiger partial charge in [0.1, 0.15) is 0 Å². The Hall–Kier alpha value is -1.84. The topological polar surface area (TPSA) is 49.3 Å². The van der Waals surface area contributed by atoms with Crippen molar-refractivity contribution in [3.8, 4) is 0 Å². The number of hydrogen-bond donors (Lipinski definition) is 2. The van der Waals surface area contributed by atoms with E-state index >= 15 is 0 Å². The summed E-state index contributed by atoms with van der Waals surface area (Å²) in [5, 5.41) is 13.7.